The fourth-order valence-electron chi connectivity index (χ4n) is 4.64. The SMILES string of the molecule is C[C@@H](O)[C@H](N[C@H]1CCc2cc(C#Cc3ccc(CN4CC[C@@H](O)C4)cc3)ccc21)C(=O)NO. The minimum atomic E-state index is -0.931. The van der Waals surface area contributed by atoms with Crippen molar-refractivity contribution in [1.29, 1.82) is 0 Å². The lowest BCUT2D eigenvalue weighted by Gasteiger charge is -2.24. The van der Waals surface area contributed by atoms with Crippen LogP contribution in [-0.2, 0) is 17.8 Å². The van der Waals surface area contributed by atoms with E-state index < -0.39 is 18.1 Å². The van der Waals surface area contributed by atoms with E-state index >= 15 is 0 Å². The molecule has 1 saturated heterocycles. The van der Waals surface area contributed by atoms with Gasteiger partial charge in [-0.2, -0.15) is 0 Å². The van der Waals surface area contributed by atoms with Crippen LogP contribution in [0.25, 0.3) is 0 Å². The Hall–Kier alpha value is -2.73. The van der Waals surface area contributed by atoms with E-state index in [0.717, 1.165) is 55.6 Å². The number of amides is 1. The molecule has 0 unspecified atom stereocenters. The van der Waals surface area contributed by atoms with Gasteiger partial charge in [-0.3, -0.25) is 20.2 Å². The first-order chi connectivity index (χ1) is 15.9. The number of fused-ring (bicyclic) bond motifs is 1. The predicted octanol–water partition coefficient (Wildman–Crippen LogP) is 1.48. The molecule has 5 N–H and O–H groups in total. The normalized spacial score (nSPS) is 21.7. The molecule has 33 heavy (non-hydrogen) atoms. The molecular formula is C26H31N3O4. The van der Waals surface area contributed by atoms with Crippen LogP contribution in [0.15, 0.2) is 42.5 Å². The summed E-state index contributed by atoms with van der Waals surface area (Å²) in [6.07, 6.45) is 1.38. The summed E-state index contributed by atoms with van der Waals surface area (Å²) in [5.74, 6) is 5.82. The Labute approximate surface area is 194 Å². The zero-order valence-corrected chi connectivity index (χ0v) is 18.8. The molecule has 1 amide bonds. The fourth-order valence-corrected chi connectivity index (χ4v) is 4.64. The minimum Gasteiger partial charge on any atom is -0.392 e. The Bertz CT molecular complexity index is 1040. The molecule has 1 aliphatic heterocycles. The molecule has 0 radical (unpaired) electrons. The summed E-state index contributed by atoms with van der Waals surface area (Å²) in [7, 11) is 0. The van der Waals surface area contributed by atoms with Gasteiger partial charge in [-0.15, -0.1) is 0 Å². The first-order valence-corrected chi connectivity index (χ1v) is 11.4. The minimum absolute atomic E-state index is 0.0665. The van der Waals surface area contributed by atoms with Crippen molar-refractivity contribution in [2.45, 2.75) is 57.0 Å². The summed E-state index contributed by atoms with van der Waals surface area (Å²) >= 11 is 0. The van der Waals surface area contributed by atoms with Crippen molar-refractivity contribution in [3.8, 4) is 11.8 Å². The highest BCUT2D eigenvalue weighted by molar-refractivity contribution is 5.81. The van der Waals surface area contributed by atoms with E-state index in [1.54, 1.807) is 5.48 Å². The molecule has 174 valence electrons. The quantitative estimate of drug-likeness (QED) is 0.260. The van der Waals surface area contributed by atoms with Gasteiger partial charge in [-0.05, 0) is 67.1 Å². The van der Waals surface area contributed by atoms with Crippen LogP contribution in [-0.4, -0.2) is 57.6 Å². The van der Waals surface area contributed by atoms with E-state index in [4.69, 9.17) is 5.21 Å². The lowest BCUT2D eigenvalue weighted by atomic mass is 10.0. The number of β-amino-alcohol motifs (C(OH)–C–C–N with tert-alkyl or cyclic N) is 1. The van der Waals surface area contributed by atoms with Crippen LogP contribution in [0, 0.1) is 11.8 Å². The second-order valence-electron chi connectivity index (χ2n) is 8.99. The molecule has 2 aliphatic rings. The Morgan fingerprint density at radius 3 is 2.55 bits per heavy atom. The van der Waals surface area contributed by atoms with Gasteiger partial charge in [0.05, 0.1) is 12.2 Å². The first-order valence-electron chi connectivity index (χ1n) is 11.4. The number of benzene rings is 2. The Morgan fingerprint density at radius 2 is 1.88 bits per heavy atom. The topological polar surface area (TPSA) is 105 Å². The van der Waals surface area contributed by atoms with E-state index in [0.29, 0.717) is 0 Å². The van der Waals surface area contributed by atoms with Crippen LogP contribution in [0.3, 0.4) is 0 Å². The Balaban J connectivity index is 1.40. The molecule has 0 spiro atoms. The summed E-state index contributed by atoms with van der Waals surface area (Å²) in [6, 6.07) is 13.4. The monoisotopic (exact) mass is 449 g/mol. The van der Waals surface area contributed by atoms with Gasteiger partial charge in [0.2, 0.25) is 0 Å². The average molecular weight is 450 g/mol. The summed E-state index contributed by atoms with van der Waals surface area (Å²) in [5, 5.41) is 31.6. The van der Waals surface area contributed by atoms with Crippen LogP contribution >= 0.6 is 0 Å². The van der Waals surface area contributed by atoms with Gasteiger partial charge < -0.3 is 10.2 Å². The number of aliphatic hydroxyl groups excluding tert-OH is 2. The van der Waals surface area contributed by atoms with Crippen molar-refractivity contribution < 1.29 is 20.2 Å². The van der Waals surface area contributed by atoms with E-state index in [1.165, 1.54) is 18.1 Å². The van der Waals surface area contributed by atoms with Crippen molar-refractivity contribution >= 4 is 5.91 Å². The van der Waals surface area contributed by atoms with Crippen LogP contribution < -0.4 is 10.8 Å². The third kappa shape index (κ3) is 5.80. The van der Waals surface area contributed by atoms with Gasteiger partial charge in [0.25, 0.3) is 5.91 Å². The Morgan fingerprint density at radius 1 is 1.15 bits per heavy atom. The molecule has 2 aromatic rings. The maximum Gasteiger partial charge on any atom is 0.263 e. The van der Waals surface area contributed by atoms with Gasteiger partial charge in [0.1, 0.15) is 6.04 Å². The van der Waals surface area contributed by atoms with Crippen LogP contribution in [0.2, 0.25) is 0 Å². The highest BCUT2D eigenvalue weighted by Gasteiger charge is 2.30. The van der Waals surface area contributed by atoms with Crippen molar-refractivity contribution in [2.24, 2.45) is 0 Å². The predicted molar refractivity (Wildman–Crippen MR) is 124 cm³/mol. The number of rotatable bonds is 6. The molecule has 1 heterocycles. The zero-order chi connectivity index (χ0) is 23.4. The highest BCUT2D eigenvalue weighted by atomic mass is 16.5. The number of nitrogens with one attached hydrogen (secondary N) is 2. The number of nitrogens with zero attached hydrogens (tertiary/aromatic N) is 1. The molecule has 4 rings (SSSR count). The van der Waals surface area contributed by atoms with E-state index in [1.807, 2.05) is 24.3 Å². The van der Waals surface area contributed by atoms with E-state index in [2.05, 4.69) is 40.3 Å². The largest absolute Gasteiger partial charge is 0.392 e. The third-order valence-electron chi connectivity index (χ3n) is 6.44. The molecule has 0 aromatic heterocycles. The molecule has 0 saturated carbocycles. The van der Waals surface area contributed by atoms with E-state index in [-0.39, 0.29) is 12.1 Å². The number of carbonyl (C=O) groups excluding carboxylic acids is 1. The number of hydrogen-bond acceptors (Lipinski definition) is 6. The Kier molecular flexibility index (Phi) is 7.43. The molecule has 4 atom stereocenters. The first kappa shape index (κ1) is 23.4. The number of hydroxylamine groups is 1. The number of aliphatic hydroxyl groups is 2. The van der Waals surface area contributed by atoms with E-state index in [9.17, 15) is 15.0 Å². The molecule has 7 heteroatoms. The second-order valence-corrected chi connectivity index (χ2v) is 8.99. The van der Waals surface area contributed by atoms with Crippen LogP contribution in [0.4, 0.5) is 0 Å². The zero-order valence-electron chi connectivity index (χ0n) is 18.8. The van der Waals surface area contributed by atoms with Gasteiger partial charge in [0, 0.05) is 36.8 Å². The molecular weight excluding hydrogens is 418 g/mol. The lowest BCUT2D eigenvalue weighted by Crippen LogP contribution is -2.50. The van der Waals surface area contributed by atoms with Crippen molar-refractivity contribution in [3.63, 3.8) is 0 Å². The fraction of sp³-hybridized carbons (Fsp3) is 0.423. The summed E-state index contributed by atoms with van der Waals surface area (Å²) in [6.45, 7) is 4.04. The van der Waals surface area contributed by atoms with Crippen molar-refractivity contribution in [1.82, 2.24) is 15.7 Å². The smallest absolute Gasteiger partial charge is 0.263 e. The molecule has 0 bridgehead atoms. The standard InChI is InChI=1S/C26H31N3O4/c1-17(30)25(26(32)28-33)27-24-11-9-21-14-19(8-10-23(21)24)5-2-18-3-6-20(7-4-18)15-29-13-12-22(31)16-29/h3-4,6-8,10,14,17,22,24-25,27,30-31,33H,9,11-13,15-16H2,1H3,(H,28,32)/t17-,22-,24+,25+/m1/s1. The molecule has 1 aliphatic carbocycles. The highest BCUT2D eigenvalue weighted by Crippen LogP contribution is 2.32. The number of carbonyl (C=O) groups is 1. The summed E-state index contributed by atoms with van der Waals surface area (Å²) in [5.41, 5.74) is 6.99. The number of hydrogen-bond donors (Lipinski definition) is 5. The maximum atomic E-state index is 11.8. The van der Waals surface area contributed by atoms with Gasteiger partial charge >= 0.3 is 0 Å². The summed E-state index contributed by atoms with van der Waals surface area (Å²) < 4.78 is 0. The number of aryl methyl sites for hydroxylation is 1. The summed E-state index contributed by atoms with van der Waals surface area (Å²) in [4.78, 5) is 14.1. The second kappa shape index (κ2) is 10.5. The van der Waals surface area contributed by atoms with Crippen LogP contribution in [0.1, 0.15) is 53.6 Å². The van der Waals surface area contributed by atoms with Crippen molar-refractivity contribution in [3.05, 3.63) is 70.3 Å². The average Bonchev–Trinajstić information content (AvgIpc) is 3.41. The lowest BCUT2D eigenvalue weighted by molar-refractivity contribution is -0.134. The van der Waals surface area contributed by atoms with Crippen LogP contribution in [0.5, 0.6) is 0 Å². The van der Waals surface area contributed by atoms with Gasteiger partial charge in [-0.25, -0.2) is 5.48 Å². The van der Waals surface area contributed by atoms with Gasteiger partial charge in [0.15, 0.2) is 0 Å². The maximum absolute atomic E-state index is 11.8. The molecule has 2 aromatic carbocycles. The molecule has 7 nitrogen and oxygen atoms in total. The number of likely N-dealkylation sites (tertiary alicyclic amines) is 1. The molecule has 1 fully saturated rings. The van der Waals surface area contributed by atoms with Crippen molar-refractivity contribution in [2.75, 3.05) is 13.1 Å². The third-order valence-corrected chi connectivity index (χ3v) is 6.44. The van der Waals surface area contributed by atoms with Gasteiger partial charge in [-0.1, -0.05) is 30.0 Å².